The summed E-state index contributed by atoms with van der Waals surface area (Å²) in [5, 5.41) is 22.3. The van der Waals surface area contributed by atoms with Crippen LogP contribution in [0.15, 0.2) is 18.2 Å². The van der Waals surface area contributed by atoms with E-state index in [0.29, 0.717) is 13.0 Å². The highest BCUT2D eigenvalue weighted by Gasteiger charge is 2.36. The second-order valence-electron chi connectivity index (χ2n) is 4.73. The van der Waals surface area contributed by atoms with Gasteiger partial charge in [-0.05, 0) is 12.0 Å². The third kappa shape index (κ3) is 1.82. The maximum Gasteiger partial charge on any atom is 0.0975 e. The lowest BCUT2D eigenvalue weighted by molar-refractivity contribution is -0.0672. The van der Waals surface area contributed by atoms with Crippen molar-refractivity contribution >= 4 is 5.69 Å². The van der Waals surface area contributed by atoms with Gasteiger partial charge < -0.3 is 20.3 Å². The molecule has 2 bridgehead atoms. The SMILES string of the molecule is OCCc1cccc2c1N[C@@H]1C[C@H]2OC[C@H]1O. The number of fused-ring (bicyclic) bond motifs is 4. The van der Waals surface area contributed by atoms with Crippen LogP contribution in [0.2, 0.25) is 0 Å². The van der Waals surface area contributed by atoms with Crippen LogP contribution in [0.1, 0.15) is 23.7 Å². The van der Waals surface area contributed by atoms with Crippen molar-refractivity contribution in [3.63, 3.8) is 0 Å². The highest BCUT2D eigenvalue weighted by atomic mass is 16.5. The number of anilines is 1. The standard InChI is InChI=1S/C13H17NO3/c15-5-4-8-2-1-3-9-12-6-10(14-13(8)9)11(16)7-17-12/h1-3,10-12,14-16H,4-7H2/t10-,11-,12-/m1/s1. The first kappa shape index (κ1) is 11.0. The summed E-state index contributed by atoms with van der Waals surface area (Å²) >= 11 is 0. The van der Waals surface area contributed by atoms with Crippen LogP contribution in [0.3, 0.4) is 0 Å². The van der Waals surface area contributed by atoms with Crippen molar-refractivity contribution in [2.75, 3.05) is 18.5 Å². The van der Waals surface area contributed by atoms with Crippen molar-refractivity contribution in [3.05, 3.63) is 29.3 Å². The minimum Gasteiger partial charge on any atom is -0.396 e. The summed E-state index contributed by atoms with van der Waals surface area (Å²) in [6, 6.07) is 6.14. The van der Waals surface area contributed by atoms with Gasteiger partial charge in [-0.3, -0.25) is 0 Å². The molecule has 1 aromatic rings. The topological polar surface area (TPSA) is 61.7 Å². The summed E-state index contributed by atoms with van der Waals surface area (Å²) in [6.07, 6.45) is 1.09. The Morgan fingerprint density at radius 2 is 2.29 bits per heavy atom. The summed E-state index contributed by atoms with van der Waals surface area (Å²) in [5.74, 6) is 0. The lowest BCUT2D eigenvalue weighted by atomic mass is 9.88. The third-order valence-corrected chi connectivity index (χ3v) is 3.64. The molecule has 17 heavy (non-hydrogen) atoms. The monoisotopic (exact) mass is 235 g/mol. The van der Waals surface area contributed by atoms with Gasteiger partial charge in [0, 0.05) is 24.3 Å². The fraction of sp³-hybridized carbons (Fsp3) is 0.538. The fourth-order valence-electron chi connectivity index (χ4n) is 2.74. The molecule has 2 heterocycles. The van der Waals surface area contributed by atoms with E-state index in [1.54, 1.807) is 0 Å². The van der Waals surface area contributed by atoms with Crippen molar-refractivity contribution < 1.29 is 14.9 Å². The molecule has 3 atom stereocenters. The van der Waals surface area contributed by atoms with Crippen molar-refractivity contribution in [3.8, 4) is 0 Å². The molecule has 2 aliphatic rings. The number of hydrogen-bond donors (Lipinski definition) is 3. The van der Waals surface area contributed by atoms with Crippen LogP contribution in [0, 0.1) is 0 Å². The van der Waals surface area contributed by atoms with Gasteiger partial charge in [-0.25, -0.2) is 0 Å². The lowest BCUT2D eigenvalue weighted by Crippen LogP contribution is -2.46. The van der Waals surface area contributed by atoms with Gasteiger partial charge in [0.2, 0.25) is 0 Å². The number of rotatable bonds is 2. The summed E-state index contributed by atoms with van der Waals surface area (Å²) < 4.78 is 5.67. The van der Waals surface area contributed by atoms with E-state index in [2.05, 4.69) is 11.4 Å². The lowest BCUT2D eigenvalue weighted by Gasteiger charge is -2.41. The van der Waals surface area contributed by atoms with Crippen LogP contribution < -0.4 is 5.32 Å². The average molecular weight is 235 g/mol. The largest absolute Gasteiger partial charge is 0.396 e. The van der Waals surface area contributed by atoms with Crippen LogP contribution in [-0.4, -0.2) is 35.6 Å². The molecular weight excluding hydrogens is 218 g/mol. The Bertz CT molecular complexity index is 421. The zero-order chi connectivity index (χ0) is 11.8. The highest BCUT2D eigenvalue weighted by Crippen LogP contribution is 2.40. The van der Waals surface area contributed by atoms with Gasteiger partial charge in [0.1, 0.15) is 0 Å². The number of nitrogens with one attached hydrogen (secondary N) is 1. The summed E-state index contributed by atoms with van der Waals surface area (Å²) in [7, 11) is 0. The van der Waals surface area contributed by atoms with E-state index in [0.717, 1.165) is 23.2 Å². The first-order valence-electron chi connectivity index (χ1n) is 6.08. The van der Waals surface area contributed by atoms with Crippen molar-refractivity contribution in [2.24, 2.45) is 0 Å². The Hall–Kier alpha value is -1.10. The van der Waals surface area contributed by atoms with E-state index < -0.39 is 6.10 Å². The van der Waals surface area contributed by atoms with Crippen LogP contribution in [-0.2, 0) is 11.2 Å². The Morgan fingerprint density at radius 3 is 3.12 bits per heavy atom. The molecule has 1 fully saturated rings. The van der Waals surface area contributed by atoms with Gasteiger partial charge in [0.25, 0.3) is 0 Å². The van der Waals surface area contributed by atoms with E-state index in [9.17, 15) is 5.11 Å². The van der Waals surface area contributed by atoms with Gasteiger partial charge in [0.15, 0.2) is 0 Å². The van der Waals surface area contributed by atoms with Crippen LogP contribution in [0.4, 0.5) is 5.69 Å². The molecule has 1 saturated heterocycles. The first-order chi connectivity index (χ1) is 8.29. The second-order valence-corrected chi connectivity index (χ2v) is 4.73. The van der Waals surface area contributed by atoms with Crippen LogP contribution in [0.5, 0.6) is 0 Å². The number of aliphatic hydroxyl groups is 2. The maximum absolute atomic E-state index is 9.83. The predicted molar refractivity (Wildman–Crippen MR) is 64.0 cm³/mol. The molecule has 4 nitrogen and oxygen atoms in total. The molecule has 0 unspecified atom stereocenters. The Balaban J connectivity index is 2.00. The van der Waals surface area contributed by atoms with Crippen molar-refractivity contribution in [1.29, 1.82) is 0 Å². The Morgan fingerprint density at radius 1 is 1.41 bits per heavy atom. The quantitative estimate of drug-likeness (QED) is 0.711. The zero-order valence-electron chi connectivity index (χ0n) is 9.60. The molecule has 3 N–H and O–H groups in total. The predicted octanol–water partition coefficient (Wildman–Crippen LogP) is 0.838. The number of aliphatic hydroxyl groups excluding tert-OH is 2. The van der Waals surface area contributed by atoms with E-state index in [4.69, 9.17) is 9.84 Å². The van der Waals surface area contributed by atoms with E-state index >= 15 is 0 Å². The summed E-state index contributed by atoms with van der Waals surface area (Å²) in [6.45, 7) is 0.531. The van der Waals surface area contributed by atoms with E-state index in [-0.39, 0.29) is 18.8 Å². The number of ether oxygens (including phenoxy) is 1. The molecule has 92 valence electrons. The minimum atomic E-state index is -0.443. The highest BCUT2D eigenvalue weighted by molar-refractivity contribution is 5.61. The van der Waals surface area contributed by atoms with Crippen LogP contribution in [0.25, 0.3) is 0 Å². The molecule has 0 saturated carbocycles. The van der Waals surface area contributed by atoms with E-state index in [1.807, 2.05) is 12.1 Å². The molecule has 0 aliphatic carbocycles. The average Bonchev–Trinajstić information content (AvgIpc) is 2.35. The van der Waals surface area contributed by atoms with Gasteiger partial charge >= 0.3 is 0 Å². The van der Waals surface area contributed by atoms with E-state index in [1.165, 1.54) is 0 Å². The zero-order valence-corrected chi connectivity index (χ0v) is 9.60. The molecular formula is C13H17NO3. The normalized spacial score (nSPS) is 30.6. The van der Waals surface area contributed by atoms with Crippen LogP contribution >= 0.6 is 0 Å². The molecule has 0 amide bonds. The summed E-state index contributed by atoms with van der Waals surface area (Å²) in [5.41, 5.74) is 3.29. The molecule has 0 spiro atoms. The minimum absolute atomic E-state index is 0.0705. The number of para-hydroxylation sites is 1. The molecule has 0 aromatic heterocycles. The fourth-order valence-corrected chi connectivity index (χ4v) is 2.74. The molecule has 0 radical (unpaired) electrons. The summed E-state index contributed by atoms with van der Waals surface area (Å²) in [4.78, 5) is 0. The van der Waals surface area contributed by atoms with Gasteiger partial charge in [0.05, 0.1) is 24.9 Å². The number of benzene rings is 1. The molecule has 2 aliphatic heterocycles. The first-order valence-corrected chi connectivity index (χ1v) is 6.08. The third-order valence-electron chi connectivity index (χ3n) is 3.64. The smallest absolute Gasteiger partial charge is 0.0975 e. The Labute approximate surface area is 100 Å². The molecule has 1 aromatic carbocycles. The van der Waals surface area contributed by atoms with Crippen molar-refractivity contribution in [2.45, 2.75) is 31.1 Å². The molecule has 3 rings (SSSR count). The van der Waals surface area contributed by atoms with Gasteiger partial charge in [-0.15, -0.1) is 0 Å². The van der Waals surface area contributed by atoms with Crippen molar-refractivity contribution in [1.82, 2.24) is 0 Å². The van der Waals surface area contributed by atoms with Gasteiger partial charge in [-0.2, -0.15) is 0 Å². The number of hydrogen-bond acceptors (Lipinski definition) is 4. The van der Waals surface area contributed by atoms with Gasteiger partial charge in [-0.1, -0.05) is 18.2 Å². The second kappa shape index (κ2) is 4.29. The molecule has 4 heteroatoms. The Kier molecular flexibility index (Phi) is 2.78. The maximum atomic E-state index is 9.83.